The Hall–Kier alpha value is -1.84. The van der Waals surface area contributed by atoms with Crippen molar-refractivity contribution in [2.45, 2.75) is 48.5 Å². The largest absolute Gasteiger partial charge is 0.481 e. The minimum absolute atomic E-state index is 0.103. The van der Waals surface area contributed by atoms with Gasteiger partial charge in [-0.25, -0.2) is 0 Å². The van der Waals surface area contributed by atoms with Crippen molar-refractivity contribution in [3.8, 4) is 0 Å². The average molecular weight is 291 g/mol. The highest BCUT2D eigenvalue weighted by Gasteiger charge is 2.28. The summed E-state index contributed by atoms with van der Waals surface area (Å²) in [6.45, 7) is 13.2. The Balaban J connectivity index is 3.13. The van der Waals surface area contributed by atoms with Gasteiger partial charge in [-0.2, -0.15) is 0 Å². The Morgan fingerprint density at radius 1 is 0.905 bits per heavy atom. The van der Waals surface area contributed by atoms with Crippen molar-refractivity contribution in [3.63, 3.8) is 0 Å². The Labute approximate surface area is 126 Å². The van der Waals surface area contributed by atoms with Crippen LogP contribution in [0, 0.1) is 40.0 Å². The molecule has 0 bridgehead atoms. The topological polar surface area (TPSA) is 66.4 Å². The minimum atomic E-state index is -0.980. The fraction of sp³-hybridized carbons (Fsp3) is 0.529. The van der Waals surface area contributed by atoms with E-state index in [2.05, 4.69) is 12.2 Å². The second kappa shape index (κ2) is 5.88. The number of carbonyl (C=O) groups excluding carboxylic acids is 1. The lowest BCUT2D eigenvalue weighted by Crippen LogP contribution is -2.39. The van der Waals surface area contributed by atoms with Crippen molar-refractivity contribution < 1.29 is 14.7 Å². The molecular formula is C17H25NO3. The Bertz CT molecular complexity index is 572. The molecule has 0 spiro atoms. The first kappa shape index (κ1) is 17.2. The maximum absolute atomic E-state index is 12.5. The van der Waals surface area contributed by atoms with E-state index in [1.54, 1.807) is 13.8 Å². The molecule has 0 saturated heterocycles. The summed E-state index contributed by atoms with van der Waals surface area (Å²) >= 11 is 0. The molecule has 1 aromatic carbocycles. The van der Waals surface area contributed by atoms with Gasteiger partial charge >= 0.3 is 5.97 Å². The average Bonchev–Trinajstić information content (AvgIpc) is 2.41. The number of benzene rings is 1. The molecule has 1 rings (SSSR count). The quantitative estimate of drug-likeness (QED) is 0.896. The van der Waals surface area contributed by atoms with Crippen LogP contribution < -0.4 is 5.32 Å². The molecule has 0 atom stereocenters. The SMILES string of the molecule is Cc1c(C)c(C)c(C(=O)NCC(C)(C)C(=O)O)c(C)c1C. The van der Waals surface area contributed by atoms with Crippen LogP contribution in [0.3, 0.4) is 0 Å². The number of carbonyl (C=O) groups is 2. The first-order valence-corrected chi connectivity index (χ1v) is 7.09. The predicted molar refractivity (Wildman–Crippen MR) is 83.9 cm³/mol. The number of carboxylic acids is 1. The van der Waals surface area contributed by atoms with Gasteiger partial charge in [0.25, 0.3) is 5.91 Å². The summed E-state index contributed by atoms with van der Waals surface area (Å²) in [4.78, 5) is 23.6. The van der Waals surface area contributed by atoms with Crippen LogP contribution in [-0.2, 0) is 4.79 Å². The summed E-state index contributed by atoms with van der Waals surface area (Å²) in [6.07, 6.45) is 0. The minimum Gasteiger partial charge on any atom is -0.481 e. The van der Waals surface area contributed by atoms with Gasteiger partial charge in [-0.05, 0) is 76.3 Å². The third-order valence-corrected chi connectivity index (χ3v) is 4.50. The zero-order chi connectivity index (χ0) is 16.5. The Kier molecular flexibility index (Phi) is 4.82. The van der Waals surface area contributed by atoms with Crippen molar-refractivity contribution in [2.75, 3.05) is 6.54 Å². The Morgan fingerprint density at radius 3 is 1.67 bits per heavy atom. The third kappa shape index (κ3) is 3.26. The molecule has 0 fully saturated rings. The number of rotatable bonds is 4. The molecule has 0 aromatic heterocycles. The van der Waals surface area contributed by atoms with Crippen LogP contribution in [0.15, 0.2) is 0 Å². The molecule has 0 radical (unpaired) electrons. The van der Waals surface area contributed by atoms with Crippen molar-refractivity contribution in [1.82, 2.24) is 5.32 Å². The normalized spacial score (nSPS) is 11.4. The lowest BCUT2D eigenvalue weighted by atomic mass is 9.88. The molecule has 21 heavy (non-hydrogen) atoms. The fourth-order valence-electron chi connectivity index (χ4n) is 2.31. The molecular weight excluding hydrogens is 266 g/mol. The highest BCUT2D eigenvalue weighted by atomic mass is 16.4. The number of hydrogen-bond acceptors (Lipinski definition) is 2. The molecule has 2 N–H and O–H groups in total. The number of aliphatic carboxylic acids is 1. The van der Waals surface area contributed by atoms with Crippen LogP contribution in [0.1, 0.15) is 52.0 Å². The van der Waals surface area contributed by atoms with E-state index in [0.717, 1.165) is 22.3 Å². The van der Waals surface area contributed by atoms with Gasteiger partial charge < -0.3 is 10.4 Å². The smallest absolute Gasteiger partial charge is 0.310 e. The van der Waals surface area contributed by atoms with Gasteiger partial charge in [-0.3, -0.25) is 9.59 Å². The van der Waals surface area contributed by atoms with E-state index in [1.807, 2.05) is 27.7 Å². The molecule has 0 aliphatic heterocycles. The standard InChI is InChI=1S/C17H25NO3/c1-9-10(2)12(4)14(13(5)11(9)3)15(19)18-8-17(6,7)16(20)21/h8H2,1-7H3,(H,18,19)(H,20,21). The van der Waals surface area contributed by atoms with E-state index in [-0.39, 0.29) is 12.5 Å². The molecule has 1 amide bonds. The maximum atomic E-state index is 12.5. The fourth-order valence-corrected chi connectivity index (χ4v) is 2.31. The lowest BCUT2D eigenvalue weighted by molar-refractivity contribution is -0.146. The van der Waals surface area contributed by atoms with Gasteiger partial charge in [0.2, 0.25) is 0 Å². The van der Waals surface area contributed by atoms with E-state index in [1.165, 1.54) is 5.56 Å². The van der Waals surface area contributed by atoms with E-state index >= 15 is 0 Å². The van der Waals surface area contributed by atoms with Crippen LogP contribution in [0.25, 0.3) is 0 Å². The van der Waals surface area contributed by atoms with Crippen molar-refractivity contribution in [1.29, 1.82) is 0 Å². The summed E-state index contributed by atoms with van der Waals surface area (Å²) < 4.78 is 0. The zero-order valence-corrected chi connectivity index (χ0v) is 14.0. The summed E-state index contributed by atoms with van der Waals surface area (Å²) in [5.41, 5.74) is 5.03. The monoisotopic (exact) mass is 291 g/mol. The predicted octanol–water partition coefficient (Wildman–Crippen LogP) is 3.07. The third-order valence-electron chi connectivity index (χ3n) is 4.50. The number of nitrogens with one attached hydrogen (secondary N) is 1. The van der Waals surface area contributed by atoms with E-state index in [9.17, 15) is 9.59 Å². The molecule has 4 nitrogen and oxygen atoms in total. The van der Waals surface area contributed by atoms with Crippen LogP contribution >= 0.6 is 0 Å². The molecule has 0 aliphatic carbocycles. The lowest BCUT2D eigenvalue weighted by Gasteiger charge is -2.22. The van der Waals surface area contributed by atoms with Gasteiger partial charge in [0.15, 0.2) is 0 Å². The highest BCUT2D eigenvalue weighted by Crippen LogP contribution is 2.26. The maximum Gasteiger partial charge on any atom is 0.310 e. The van der Waals surface area contributed by atoms with Gasteiger partial charge in [0, 0.05) is 12.1 Å². The van der Waals surface area contributed by atoms with Crippen molar-refractivity contribution >= 4 is 11.9 Å². The number of amides is 1. The van der Waals surface area contributed by atoms with E-state index in [4.69, 9.17) is 5.11 Å². The highest BCUT2D eigenvalue weighted by molar-refractivity contribution is 5.98. The van der Waals surface area contributed by atoms with Crippen LogP contribution in [-0.4, -0.2) is 23.5 Å². The van der Waals surface area contributed by atoms with Crippen molar-refractivity contribution in [3.05, 3.63) is 33.4 Å². The first-order valence-electron chi connectivity index (χ1n) is 7.09. The summed E-state index contributed by atoms with van der Waals surface area (Å²) in [6, 6.07) is 0. The molecule has 4 heteroatoms. The van der Waals surface area contributed by atoms with Gasteiger partial charge in [-0.1, -0.05) is 0 Å². The molecule has 0 heterocycles. The first-order chi connectivity index (χ1) is 9.50. The summed E-state index contributed by atoms with van der Waals surface area (Å²) in [7, 11) is 0. The van der Waals surface area contributed by atoms with Crippen LogP contribution in [0.2, 0.25) is 0 Å². The zero-order valence-electron chi connectivity index (χ0n) is 14.0. The second-order valence-electron chi connectivity index (χ2n) is 6.37. The van der Waals surface area contributed by atoms with Crippen molar-refractivity contribution in [2.24, 2.45) is 5.41 Å². The molecule has 1 aromatic rings. The van der Waals surface area contributed by atoms with Gasteiger partial charge in [0.05, 0.1) is 5.41 Å². The summed E-state index contributed by atoms with van der Waals surface area (Å²) in [5.74, 6) is -1.13. The molecule has 0 unspecified atom stereocenters. The Morgan fingerprint density at radius 2 is 1.29 bits per heavy atom. The number of carboxylic acid groups (broad SMARTS) is 1. The molecule has 0 aliphatic rings. The van der Waals surface area contributed by atoms with Gasteiger partial charge in [0.1, 0.15) is 0 Å². The van der Waals surface area contributed by atoms with E-state index < -0.39 is 11.4 Å². The molecule has 116 valence electrons. The second-order valence-corrected chi connectivity index (χ2v) is 6.37. The van der Waals surface area contributed by atoms with Crippen LogP contribution in [0.4, 0.5) is 0 Å². The number of hydrogen-bond donors (Lipinski definition) is 2. The molecule has 0 saturated carbocycles. The summed E-state index contributed by atoms with van der Waals surface area (Å²) in [5, 5.41) is 11.9. The van der Waals surface area contributed by atoms with Gasteiger partial charge in [-0.15, -0.1) is 0 Å². The van der Waals surface area contributed by atoms with Crippen LogP contribution in [0.5, 0.6) is 0 Å². The van der Waals surface area contributed by atoms with E-state index in [0.29, 0.717) is 5.56 Å².